The maximum atomic E-state index is 13.4. The number of fused-ring (bicyclic) bond motifs is 1. The van der Waals surface area contributed by atoms with Crippen LogP contribution in [0.4, 0.5) is 4.39 Å². The summed E-state index contributed by atoms with van der Waals surface area (Å²) in [5.74, 6) is -0.0126. The van der Waals surface area contributed by atoms with Crippen molar-refractivity contribution in [3.05, 3.63) is 35.6 Å². The molecule has 30 heavy (non-hydrogen) atoms. The van der Waals surface area contributed by atoms with E-state index < -0.39 is 0 Å². The highest BCUT2D eigenvalue weighted by molar-refractivity contribution is 5.86. The van der Waals surface area contributed by atoms with Gasteiger partial charge in [-0.2, -0.15) is 0 Å². The summed E-state index contributed by atoms with van der Waals surface area (Å²) in [5, 5.41) is 0. The number of rotatable bonds is 5. The zero-order valence-corrected chi connectivity index (χ0v) is 18.0. The molecule has 0 aliphatic carbocycles. The molecule has 6 nitrogen and oxygen atoms in total. The fourth-order valence-electron chi connectivity index (χ4n) is 5.89. The summed E-state index contributed by atoms with van der Waals surface area (Å²) in [5.41, 5.74) is 0.279. The van der Waals surface area contributed by atoms with Crippen molar-refractivity contribution in [2.45, 2.75) is 25.7 Å². The normalized spacial score (nSPS) is 26.3. The standard InChI is InChI=1S/C23H32FN3O3/c1-25-9-8-23(21(25)29)17-26(12-13-30-2)16-22(23)6-10-27(11-7-22)20(28)15-18-4-3-5-19(24)14-18/h3-5,14H,6-13,15-17H2,1-2H3/t23-/m1/s1. The molecule has 1 aromatic rings. The third-order valence-electron chi connectivity index (χ3n) is 7.59. The van der Waals surface area contributed by atoms with Gasteiger partial charge in [0.2, 0.25) is 11.8 Å². The molecule has 3 aliphatic heterocycles. The van der Waals surface area contributed by atoms with Gasteiger partial charge in [-0.1, -0.05) is 12.1 Å². The van der Waals surface area contributed by atoms with Gasteiger partial charge in [0.05, 0.1) is 18.4 Å². The molecule has 0 unspecified atom stereocenters. The lowest BCUT2D eigenvalue weighted by Gasteiger charge is -2.47. The number of methoxy groups -OCH3 is 1. The summed E-state index contributed by atoms with van der Waals surface area (Å²) in [6.45, 7) is 5.29. The van der Waals surface area contributed by atoms with E-state index in [4.69, 9.17) is 4.74 Å². The smallest absolute Gasteiger partial charge is 0.230 e. The maximum absolute atomic E-state index is 13.4. The van der Waals surface area contributed by atoms with E-state index in [0.29, 0.717) is 25.3 Å². The lowest BCUT2D eigenvalue weighted by Crippen LogP contribution is -2.53. The molecule has 3 heterocycles. The highest BCUT2D eigenvalue weighted by Crippen LogP contribution is 2.57. The Hall–Kier alpha value is -1.99. The third kappa shape index (κ3) is 3.62. The van der Waals surface area contributed by atoms with Gasteiger partial charge in [-0.3, -0.25) is 14.5 Å². The molecule has 7 heteroatoms. The summed E-state index contributed by atoms with van der Waals surface area (Å²) < 4.78 is 18.7. The maximum Gasteiger partial charge on any atom is 0.230 e. The first kappa shape index (κ1) is 21.2. The van der Waals surface area contributed by atoms with Crippen LogP contribution in [-0.4, -0.2) is 86.5 Å². The Labute approximate surface area is 177 Å². The second-order valence-corrected chi connectivity index (χ2v) is 9.23. The summed E-state index contributed by atoms with van der Waals surface area (Å²) in [6, 6.07) is 6.25. The second kappa shape index (κ2) is 8.27. The van der Waals surface area contributed by atoms with Crippen molar-refractivity contribution in [1.82, 2.24) is 14.7 Å². The van der Waals surface area contributed by atoms with Crippen LogP contribution in [0.5, 0.6) is 0 Å². The molecule has 1 atom stereocenters. The minimum atomic E-state index is -0.340. The monoisotopic (exact) mass is 417 g/mol. The van der Waals surface area contributed by atoms with Gasteiger partial charge in [0.15, 0.2) is 0 Å². The van der Waals surface area contributed by atoms with E-state index in [2.05, 4.69) is 4.90 Å². The fourth-order valence-corrected chi connectivity index (χ4v) is 5.89. The topological polar surface area (TPSA) is 53.1 Å². The summed E-state index contributed by atoms with van der Waals surface area (Å²) >= 11 is 0. The molecule has 2 amide bonds. The predicted octanol–water partition coefficient (Wildman–Crippen LogP) is 1.79. The number of benzene rings is 1. The summed E-state index contributed by atoms with van der Waals surface area (Å²) in [7, 11) is 3.61. The Kier molecular flexibility index (Phi) is 5.86. The van der Waals surface area contributed by atoms with Gasteiger partial charge in [-0.25, -0.2) is 4.39 Å². The van der Waals surface area contributed by atoms with Crippen LogP contribution in [0.15, 0.2) is 24.3 Å². The molecular formula is C23H32FN3O3. The molecule has 0 saturated carbocycles. The highest BCUT2D eigenvalue weighted by Gasteiger charge is 2.64. The van der Waals surface area contributed by atoms with E-state index in [9.17, 15) is 14.0 Å². The molecule has 3 aliphatic rings. The number of piperidine rings is 1. The molecule has 164 valence electrons. The average molecular weight is 418 g/mol. The molecule has 2 spiro atoms. The molecule has 0 bridgehead atoms. The highest BCUT2D eigenvalue weighted by atomic mass is 19.1. The minimum absolute atomic E-state index is 0.0357. The zero-order valence-electron chi connectivity index (χ0n) is 18.0. The van der Waals surface area contributed by atoms with Crippen LogP contribution in [0.25, 0.3) is 0 Å². The van der Waals surface area contributed by atoms with Crippen molar-refractivity contribution >= 4 is 11.8 Å². The van der Waals surface area contributed by atoms with Crippen molar-refractivity contribution in [3.8, 4) is 0 Å². The van der Waals surface area contributed by atoms with E-state index in [0.717, 1.165) is 45.4 Å². The van der Waals surface area contributed by atoms with Crippen LogP contribution >= 0.6 is 0 Å². The Morgan fingerprint density at radius 1 is 1.17 bits per heavy atom. The molecule has 3 fully saturated rings. The largest absolute Gasteiger partial charge is 0.383 e. The van der Waals surface area contributed by atoms with E-state index in [1.165, 1.54) is 12.1 Å². The Morgan fingerprint density at radius 3 is 2.57 bits per heavy atom. The van der Waals surface area contributed by atoms with Gasteiger partial charge in [-0.05, 0) is 37.0 Å². The lowest BCUT2D eigenvalue weighted by molar-refractivity contribution is -0.143. The molecule has 3 saturated heterocycles. The van der Waals surface area contributed by atoms with Crippen LogP contribution < -0.4 is 0 Å². The molecule has 0 aromatic heterocycles. The minimum Gasteiger partial charge on any atom is -0.383 e. The van der Waals surface area contributed by atoms with Crippen LogP contribution in [0.3, 0.4) is 0 Å². The second-order valence-electron chi connectivity index (χ2n) is 9.23. The number of amides is 2. The predicted molar refractivity (Wildman–Crippen MR) is 111 cm³/mol. The molecule has 0 N–H and O–H groups in total. The summed E-state index contributed by atoms with van der Waals surface area (Å²) in [4.78, 5) is 32.2. The number of halogens is 1. The molecule has 1 aromatic carbocycles. The SMILES string of the molecule is COCCN1CC2(CCN(C(=O)Cc3cccc(F)c3)CC2)[C@]2(CCN(C)C2=O)C1. The number of hydrogen-bond acceptors (Lipinski definition) is 4. The van der Waals surface area contributed by atoms with Crippen LogP contribution in [-0.2, 0) is 20.7 Å². The Bertz CT molecular complexity index is 809. The lowest BCUT2D eigenvalue weighted by atomic mass is 9.60. The van der Waals surface area contributed by atoms with Gasteiger partial charge in [-0.15, -0.1) is 0 Å². The van der Waals surface area contributed by atoms with Crippen molar-refractivity contribution < 1.29 is 18.7 Å². The van der Waals surface area contributed by atoms with Crippen molar-refractivity contribution in [2.24, 2.45) is 10.8 Å². The molecule has 4 rings (SSSR count). The van der Waals surface area contributed by atoms with E-state index in [1.54, 1.807) is 19.2 Å². The number of ether oxygens (including phenoxy) is 1. The van der Waals surface area contributed by atoms with Crippen molar-refractivity contribution in [2.75, 3.05) is 60.0 Å². The van der Waals surface area contributed by atoms with Crippen LogP contribution in [0.1, 0.15) is 24.8 Å². The first-order valence-corrected chi connectivity index (χ1v) is 10.9. The zero-order chi connectivity index (χ0) is 21.4. The van der Waals surface area contributed by atoms with Crippen molar-refractivity contribution in [1.29, 1.82) is 0 Å². The number of carbonyl (C=O) groups is 2. The van der Waals surface area contributed by atoms with Gasteiger partial charge in [0.25, 0.3) is 0 Å². The van der Waals surface area contributed by atoms with Gasteiger partial charge in [0.1, 0.15) is 5.82 Å². The first-order chi connectivity index (χ1) is 14.4. The van der Waals surface area contributed by atoms with E-state index in [1.807, 2.05) is 16.8 Å². The Morgan fingerprint density at radius 2 is 1.93 bits per heavy atom. The average Bonchev–Trinajstić information content (AvgIpc) is 3.19. The number of nitrogens with zero attached hydrogens (tertiary/aromatic N) is 3. The summed E-state index contributed by atoms with van der Waals surface area (Å²) in [6.07, 6.45) is 2.79. The fraction of sp³-hybridized carbons (Fsp3) is 0.652. The van der Waals surface area contributed by atoms with Gasteiger partial charge < -0.3 is 14.5 Å². The van der Waals surface area contributed by atoms with Crippen LogP contribution in [0, 0.1) is 16.6 Å². The van der Waals surface area contributed by atoms with E-state index in [-0.39, 0.29) is 34.9 Å². The number of carbonyl (C=O) groups excluding carboxylic acids is 2. The molecular weight excluding hydrogens is 385 g/mol. The van der Waals surface area contributed by atoms with Gasteiger partial charge in [0, 0.05) is 58.8 Å². The van der Waals surface area contributed by atoms with Crippen LogP contribution in [0.2, 0.25) is 0 Å². The van der Waals surface area contributed by atoms with Crippen molar-refractivity contribution in [3.63, 3.8) is 0 Å². The molecule has 0 radical (unpaired) electrons. The van der Waals surface area contributed by atoms with E-state index >= 15 is 0 Å². The Balaban J connectivity index is 1.47. The quantitative estimate of drug-likeness (QED) is 0.733. The number of likely N-dealkylation sites (tertiary alicyclic amines) is 3. The first-order valence-electron chi connectivity index (χ1n) is 10.9. The third-order valence-corrected chi connectivity index (χ3v) is 7.59. The van der Waals surface area contributed by atoms with Gasteiger partial charge >= 0.3 is 0 Å². The number of hydrogen-bond donors (Lipinski definition) is 0.